The van der Waals surface area contributed by atoms with Crippen molar-refractivity contribution >= 4 is 21.6 Å². The Morgan fingerprint density at radius 3 is 2.52 bits per heavy atom. The highest BCUT2D eigenvalue weighted by Crippen LogP contribution is 2.37. The van der Waals surface area contributed by atoms with Crippen LogP contribution in [0.25, 0.3) is 0 Å². The maximum atomic E-state index is 10.4. The summed E-state index contributed by atoms with van der Waals surface area (Å²) >= 11 is 3.56. The molecule has 2 atom stereocenters. The fourth-order valence-corrected chi connectivity index (χ4v) is 4.07. The van der Waals surface area contributed by atoms with Crippen LogP contribution in [0.3, 0.4) is 0 Å². The number of aryl methyl sites for hydroxylation is 1. The molecule has 4 rings (SSSR count). The second-order valence-electron chi connectivity index (χ2n) is 7.21. The Balaban J connectivity index is 1.80. The molecule has 1 heterocycles. The van der Waals surface area contributed by atoms with Crippen molar-refractivity contribution in [1.29, 1.82) is 0 Å². The van der Waals surface area contributed by atoms with Crippen LogP contribution in [-0.4, -0.2) is 17.9 Å². The zero-order valence-corrected chi connectivity index (χ0v) is 18.0. The highest BCUT2D eigenvalue weighted by molar-refractivity contribution is 9.10. The average molecular weight is 451 g/mol. The van der Waals surface area contributed by atoms with Gasteiger partial charge in [0.15, 0.2) is 0 Å². The van der Waals surface area contributed by atoms with Gasteiger partial charge in [-0.1, -0.05) is 64.0 Å². The van der Waals surface area contributed by atoms with Gasteiger partial charge in [-0.15, -0.1) is 0 Å². The lowest BCUT2D eigenvalue weighted by atomic mass is 9.93. The fraction of sp³-hybridized carbons (Fsp3) is 0.208. The third-order valence-electron chi connectivity index (χ3n) is 5.22. The van der Waals surface area contributed by atoms with Gasteiger partial charge >= 0.3 is 0 Å². The lowest BCUT2D eigenvalue weighted by Crippen LogP contribution is -2.33. The van der Waals surface area contributed by atoms with E-state index < -0.39 is 0 Å². The zero-order valence-electron chi connectivity index (χ0n) is 16.4. The number of nitrogens with zero attached hydrogens (tertiary/aromatic N) is 1. The van der Waals surface area contributed by atoms with Crippen molar-refractivity contribution in [2.75, 3.05) is 7.11 Å². The number of aromatic hydroxyl groups is 1. The molecule has 5 heteroatoms. The van der Waals surface area contributed by atoms with Gasteiger partial charge in [0.2, 0.25) is 0 Å². The largest absolute Gasteiger partial charge is 0.508 e. The van der Waals surface area contributed by atoms with Crippen LogP contribution < -0.4 is 10.1 Å². The second kappa shape index (κ2) is 8.39. The van der Waals surface area contributed by atoms with Crippen LogP contribution in [0.4, 0.5) is 0 Å². The van der Waals surface area contributed by atoms with Gasteiger partial charge in [-0.2, -0.15) is 0 Å². The van der Waals surface area contributed by atoms with Crippen LogP contribution in [0.2, 0.25) is 0 Å². The monoisotopic (exact) mass is 450 g/mol. The van der Waals surface area contributed by atoms with Crippen LogP contribution in [0.15, 0.2) is 76.2 Å². The van der Waals surface area contributed by atoms with E-state index in [1.165, 1.54) is 5.56 Å². The van der Waals surface area contributed by atoms with Crippen LogP contribution in [0.5, 0.6) is 11.5 Å². The van der Waals surface area contributed by atoms with E-state index in [2.05, 4.69) is 52.4 Å². The average Bonchev–Trinajstić information content (AvgIpc) is 2.74. The van der Waals surface area contributed by atoms with E-state index in [1.54, 1.807) is 13.2 Å². The molecule has 0 aromatic heterocycles. The number of benzene rings is 3. The lowest BCUT2D eigenvalue weighted by molar-refractivity contribution is 0.381. The first-order valence-electron chi connectivity index (χ1n) is 9.56. The maximum Gasteiger partial charge on any atom is 0.130 e. The lowest BCUT2D eigenvalue weighted by Gasteiger charge is -2.31. The van der Waals surface area contributed by atoms with Crippen molar-refractivity contribution in [3.05, 3.63) is 93.5 Å². The molecule has 1 aliphatic heterocycles. The van der Waals surface area contributed by atoms with Gasteiger partial charge in [0.05, 0.1) is 7.11 Å². The summed E-state index contributed by atoms with van der Waals surface area (Å²) in [5.41, 5.74) is 5.13. The van der Waals surface area contributed by atoms with Gasteiger partial charge in [0.1, 0.15) is 17.7 Å². The molecule has 3 aromatic carbocycles. The van der Waals surface area contributed by atoms with Crippen LogP contribution in [0, 0.1) is 6.92 Å². The van der Waals surface area contributed by atoms with Gasteiger partial charge in [-0.3, -0.25) is 10.3 Å². The quantitative estimate of drug-likeness (QED) is 0.536. The Morgan fingerprint density at radius 2 is 1.79 bits per heavy atom. The van der Waals surface area contributed by atoms with Crippen molar-refractivity contribution in [2.24, 2.45) is 4.99 Å². The van der Waals surface area contributed by atoms with E-state index in [-0.39, 0.29) is 18.0 Å². The Hall–Kier alpha value is -2.63. The molecule has 0 saturated carbocycles. The molecule has 0 aliphatic carbocycles. The van der Waals surface area contributed by atoms with Gasteiger partial charge in [-0.05, 0) is 36.8 Å². The molecule has 3 aromatic rings. The SMILES string of the molecule is COc1ccc(Br)cc1C1N=C(c2ccc(C)cc2)CC(c2ccccc2O)N1. The van der Waals surface area contributed by atoms with E-state index in [4.69, 9.17) is 9.73 Å². The van der Waals surface area contributed by atoms with E-state index >= 15 is 0 Å². The molecule has 0 spiro atoms. The fourth-order valence-electron chi connectivity index (χ4n) is 3.69. The van der Waals surface area contributed by atoms with E-state index in [0.717, 1.165) is 32.6 Å². The first-order chi connectivity index (χ1) is 14.0. The van der Waals surface area contributed by atoms with Gasteiger partial charge in [0, 0.05) is 33.8 Å². The zero-order chi connectivity index (χ0) is 20.4. The Morgan fingerprint density at radius 1 is 1.03 bits per heavy atom. The number of hydrogen-bond donors (Lipinski definition) is 2. The number of phenolic OH excluding ortho intramolecular Hbond substituents is 1. The summed E-state index contributed by atoms with van der Waals surface area (Å²) in [5.74, 6) is 1.06. The number of nitrogens with one attached hydrogen (secondary N) is 1. The number of rotatable bonds is 4. The minimum absolute atomic E-state index is 0.0707. The molecular weight excluding hydrogens is 428 g/mol. The summed E-state index contributed by atoms with van der Waals surface area (Å²) in [6, 6.07) is 21.7. The van der Waals surface area contributed by atoms with Gasteiger partial charge in [-0.25, -0.2) is 0 Å². The number of methoxy groups -OCH3 is 1. The summed E-state index contributed by atoms with van der Waals surface area (Å²) in [4.78, 5) is 5.03. The Labute approximate surface area is 179 Å². The summed E-state index contributed by atoms with van der Waals surface area (Å²) in [6.45, 7) is 2.08. The first kappa shape index (κ1) is 19.7. The molecule has 2 N–H and O–H groups in total. The van der Waals surface area contributed by atoms with Crippen molar-refractivity contribution in [2.45, 2.75) is 25.6 Å². The number of para-hydroxylation sites is 1. The highest BCUT2D eigenvalue weighted by Gasteiger charge is 2.29. The summed E-state index contributed by atoms with van der Waals surface area (Å²) in [7, 11) is 1.67. The molecule has 1 aliphatic rings. The third-order valence-corrected chi connectivity index (χ3v) is 5.72. The van der Waals surface area contributed by atoms with E-state index in [1.807, 2.05) is 36.4 Å². The highest BCUT2D eigenvalue weighted by atomic mass is 79.9. The summed E-state index contributed by atoms with van der Waals surface area (Å²) in [6.07, 6.45) is 0.394. The van der Waals surface area contributed by atoms with Crippen molar-refractivity contribution < 1.29 is 9.84 Å². The molecule has 0 radical (unpaired) electrons. The standard InChI is InChI=1S/C24H23BrN2O2/c1-15-7-9-16(10-8-15)20-14-21(18-5-3-4-6-22(18)28)27-24(26-20)19-13-17(25)11-12-23(19)29-2/h3-13,21,24,27-28H,14H2,1-2H3. The normalized spacial score (nSPS) is 18.9. The molecule has 2 unspecified atom stereocenters. The summed E-state index contributed by atoms with van der Waals surface area (Å²) in [5, 5.41) is 14.0. The number of phenols is 1. The third kappa shape index (κ3) is 4.21. The minimum Gasteiger partial charge on any atom is -0.508 e. The second-order valence-corrected chi connectivity index (χ2v) is 8.13. The predicted octanol–water partition coefficient (Wildman–Crippen LogP) is 5.69. The maximum absolute atomic E-state index is 10.4. The molecule has 0 amide bonds. The van der Waals surface area contributed by atoms with E-state index in [9.17, 15) is 5.11 Å². The van der Waals surface area contributed by atoms with Crippen LogP contribution in [-0.2, 0) is 0 Å². The Kier molecular flexibility index (Phi) is 5.69. The molecule has 4 nitrogen and oxygen atoms in total. The van der Waals surface area contributed by atoms with Crippen LogP contribution >= 0.6 is 15.9 Å². The number of hydrogen-bond acceptors (Lipinski definition) is 4. The van der Waals surface area contributed by atoms with Crippen LogP contribution in [0.1, 0.15) is 40.9 Å². The smallest absolute Gasteiger partial charge is 0.130 e. The van der Waals surface area contributed by atoms with Gasteiger partial charge in [0.25, 0.3) is 0 Å². The molecular formula is C24H23BrN2O2. The molecule has 0 fully saturated rings. The molecule has 0 bridgehead atoms. The molecule has 148 valence electrons. The molecule has 29 heavy (non-hydrogen) atoms. The summed E-state index contributed by atoms with van der Waals surface area (Å²) < 4.78 is 6.56. The number of halogens is 1. The van der Waals surface area contributed by atoms with Crippen molar-refractivity contribution in [1.82, 2.24) is 5.32 Å². The Bertz CT molecular complexity index is 1050. The number of aliphatic imine (C=N–C) groups is 1. The van der Waals surface area contributed by atoms with E-state index in [0.29, 0.717) is 6.42 Å². The van der Waals surface area contributed by atoms with Gasteiger partial charge < -0.3 is 9.84 Å². The topological polar surface area (TPSA) is 53.9 Å². The minimum atomic E-state index is -0.294. The van der Waals surface area contributed by atoms with Crippen molar-refractivity contribution in [3.8, 4) is 11.5 Å². The number of ether oxygens (including phenoxy) is 1. The first-order valence-corrected chi connectivity index (χ1v) is 10.4. The molecule has 0 saturated heterocycles. The predicted molar refractivity (Wildman–Crippen MR) is 120 cm³/mol. The van der Waals surface area contributed by atoms with Crippen molar-refractivity contribution in [3.63, 3.8) is 0 Å².